The quantitative estimate of drug-likeness (QED) is 0.0610. The molecule has 7 aromatic rings. The molecule has 0 bridgehead atoms. The summed E-state index contributed by atoms with van der Waals surface area (Å²) in [5.74, 6) is 0.416. The van der Waals surface area contributed by atoms with Gasteiger partial charge in [-0.05, 0) is 190 Å². The predicted molar refractivity (Wildman–Crippen MR) is 350 cm³/mol. The molecular weight excluding hydrogens is 1060 g/mol. The van der Waals surface area contributed by atoms with Gasteiger partial charge in [0.2, 0.25) is 6.79 Å². The highest BCUT2D eigenvalue weighted by molar-refractivity contribution is 6.84. The maximum Gasteiger partial charge on any atom is 0.513 e. The van der Waals surface area contributed by atoms with Gasteiger partial charge in [-0.15, -0.1) is 0 Å². The first kappa shape index (κ1) is 70.7. The van der Waals surface area contributed by atoms with Crippen molar-refractivity contribution in [3.8, 4) is 16.9 Å². The van der Waals surface area contributed by atoms with Crippen molar-refractivity contribution in [2.24, 2.45) is 0 Å². The zero-order chi connectivity index (χ0) is 62.3. The second kappa shape index (κ2) is 33.0. The first-order valence-corrected chi connectivity index (χ1v) is 34.8. The summed E-state index contributed by atoms with van der Waals surface area (Å²) < 4.78 is 29.6. The van der Waals surface area contributed by atoms with Crippen LogP contribution in [0.1, 0.15) is 125 Å². The van der Waals surface area contributed by atoms with Crippen molar-refractivity contribution in [1.29, 1.82) is 0 Å². The molecule has 448 valence electrons. The van der Waals surface area contributed by atoms with Crippen LogP contribution in [-0.2, 0) is 57.4 Å². The molecule has 1 N–H and O–H groups in total. The summed E-state index contributed by atoms with van der Waals surface area (Å²) in [5, 5.41) is 9.53. The fourth-order valence-electron chi connectivity index (χ4n) is 9.06. The van der Waals surface area contributed by atoms with Gasteiger partial charge in [0.1, 0.15) is 5.75 Å². The van der Waals surface area contributed by atoms with Crippen molar-refractivity contribution in [3.05, 3.63) is 229 Å². The summed E-state index contributed by atoms with van der Waals surface area (Å²) in [5.41, 5.74) is 22.4. The first-order valence-electron chi connectivity index (χ1n) is 28.6. The van der Waals surface area contributed by atoms with Gasteiger partial charge in [0.15, 0.2) is 23.4 Å². The standard InChI is InChI=1S/C22H34O3Si2.C19H24.C14H14.C11H16.C6H10O6/c1-17-8-10-19(12-21(17)14-23)15-26(4,5)25-27(6,7)16-20-11-9-18(2)22(13-20)24-3;1-13-7-9-17(11-15(13)3)19(5,6)18-10-8-14(2)16(4)12-18;1-11-3-7-13(8-4-11)14-9-5-12(2)6-10-14;1-9-5-7-10(8-6-9)11(2,3)4;1-5(7)10-4-12-6(8)11-3-9-2/h8-13,23H,14-16H2,1-7H3;7-12H,1-6H3;3-10H,1-2H3;5-8H,1-4H3;3-4H2,1-2H3. The summed E-state index contributed by atoms with van der Waals surface area (Å²) in [6, 6.07) is 54.5. The van der Waals surface area contributed by atoms with E-state index in [1.807, 2.05) is 6.92 Å². The Morgan fingerprint density at radius 2 is 0.855 bits per heavy atom. The first-order chi connectivity index (χ1) is 38.8. The molecule has 0 saturated carbocycles. The van der Waals surface area contributed by atoms with Gasteiger partial charge in [0, 0.05) is 19.4 Å². The number of hydrogen-bond donors (Lipinski definition) is 1. The van der Waals surface area contributed by atoms with E-state index >= 15 is 0 Å². The van der Waals surface area contributed by atoms with Gasteiger partial charge in [0.05, 0.1) is 13.7 Å². The Morgan fingerprint density at radius 3 is 1.25 bits per heavy atom. The highest BCUT2D eigenvalue weighted by atomic mass is 28.4. The Balaban J connectivity index is 0.000000284. The zero-order valence-corrected chi connectivity index (χ0v) is 56.1. The number of benzene rings is 7. The summed E-state index contributed by atoms with van der Waals surface area (Å²) >= 11 is 0. The van der Waals surface area contributed by atoms with E-state index in [0.717, 1.165) is 34.5 Å². The van der Waals surface area contributed by atoms with Crippen molar-refractivity contribution < 1.29 is 42.5 Å². The van der Waals surface area contributed by atoms with Crippen LogP contribution < -0.4 is 4.74 Å². The molecule has 0 unspecified atom stereocenters. The van der Waals surface area contributed by atoms with Gasteiger partial charge < -0.3 is 32.9 Å². The van der Waals surface area contributed by atoms with E-state index in [2.05, 4.69) is 281 Å². The van der Waals surface area contributed by atoms with Crippen molar-refractivity contribution >= 4 is 28.8 Å². The van der Waals surface area contributed by atoms with Gasteiger partial charge >= 0.3 is 12.1 Å². The minimum absolute atomic E-state index is 0.0525. The van der Waals surface area contributed by atoms with Crippen LogP contribution in [-0.4, -0.2) is 61.7 Å². The monoisotopic (exact) mass is 1160 g/mol. The lowest BCUT2D eigenvalue weighted by molar-refractivity contribution is -0.151. The molecule has 7 rings (SSSR count). The lowest BCUT2D eigenvalue weighted by atomic mass is 9.76. The Labute approximate surface area is 502 Å². The molecule has 0 fully saturated rings. The van der Waals surface area contributed by atoms with Gasteiger partial charge in [-0.25, -0.2) is 4.79 Å². The SMILES string of the molecule is COCOC(=O)OCOC(C)=O.COc1cc(C[Si](C)(C)O[Si](C)(C)Cc2ccc(C)c(CO)c2)ccc1C.Cc1ccc(-c2ccc(C)cc2)cc1.Cc1ccc(C(C)(C)C)cc1.Cc1ccc(C(C)(C)c2ccc(C)c(C)c2)cc1C. The van der Waals surface area contributed by atoms with Crippen molar-refractivity contribution in [3.63, 3.8) is 0 Å². The highest BCUT2D eigenvalue weighted by Crippen LogP contribution is 2.34. The van der Waals surface area contributed by atoms with Crippen LogP contribution in [0.2, 0.25) is 26.2 Å². The third-order valence-corrected chi connectivity index (χ3v) is 21.4. The van der Waals surface area contributed by atoms with E-state index in [1.54, 1.807) is 7.11 Å². The number of aliphatic hydroxyl groups is 1. The third kappa shape index (κ3) is 25.0. The molecular formula is C72H98O9Si2. The molecule has 0 spiro atoms. The molecule has 0 atom stereocenters. The van der Waals surface area contributed by atoms with E-state index in [9.17, 15) is 14.7 Å². The van der Waals surface area contributed by atoms with Crippen LogP contribution in [0.15, 0.2) is 146 Å². The lowest BCUT2D eigenvalue weighted by Crippen LogP contribution is -2.47. The number of rotatable bonds is 15. The molecule has 0 amide bonds. The number of esters is 1. The number of aliphatic hydroxyl groups excluding tert-OH is 1. The second-order valence-corrected chi connectivity index (χ2v) is 33.0. The smallest absolute Gasteiger partial charge is 0.496 e. The number of ether oxygens (including phenoxy) is 5. The number of carbonyl (C=O) groups is 2. The van der Waals surface area contributed by atoms with Crippen LogP contribution in [0.25, 0.3) is 11.1 Å². The lowest BCUT2D eigenvalue weighted by Gasteiger charge is -2.34. The van der Waals surface area contributed by atoms with Crippen LogP contribution in [0.3, 0.4) is 0 Å². The molecule has 0 saturated heterocycles. The highest BCUT2D eigenvalue weighted by Gasteiger charge is 2.34. The van der Waals surface area contributed by atoms with Crippen LogP contribution in [0.4, 0.5) is 4.79 Å². The van der Waals surface area contributed by atoms with Crippen LogP contribution >= 0.6 is 0 Å². The molecule has 0 heterocycles. The van der Waals surface area contributed by atoms with Crippen LogP contribution in [0.5, 0.6) is 5.75 Å². The average Bonchev–Trinajstić information content (AvgIpc) is 3.41. The number of methoxy groups -OCH3 is 2. The summed E-state index contributed by atoms with van der Waals surface area (Å²) in [6.07, 6.45) is -0.946. The number of carbonyl (C=O) groups excluding carboxylic acids is 2. The Hall–Kier alpha value is -6.61. The maximum atomic E-state index is 10.5. The van der Waals surface area contributed by atoms with Gasteiger partial charge in [0.25, 0.3) is 0 Å². The van der Waals surface area contributed by atoms with E-state index in [1.165, 1.54) is 91.9 Å². The number of hydrogen-bond acceptors (Lipinski definition) is 9. The molecule has 9 nitrogen and oxygen atoms in total. The Kier molecular flexibility index (Phi) is 28.1. The summed E-state index contributed by atoms with van der Waals surface area (Å²) in [4.78, 5) is 20.6. The molecule has 7 aromatic carbocycles. The minimum Gasteiger partial charge on any atom is -0.496 e. The molecule has 0 aliphatic carbocycles. The summed E-state index contributed by atoms with van der Waals surface area (Å²) in [7, 11) is -0.647. The van der Waals surface area contributed by atoms with Crippen LogP contribution in [0, 0.1) is 62.3 Å². The van der Waals surface area contributed by atoms with E-state index in [0.29, 0.717) is 0 Å². The average molecular weight is 1160 g/mol. The van der Waals surface area contributed by atoms with Crippen molar-refractivity contribution in [2.45, 2.75) is 160 Å². The fraction of sp³-hybridized carbons (Fsp3) is 0.389. The minimum atomic E-state index is -1.87. The number of aryl methyl sites for hydroxylation is 9. The molecule has 0 aromatic heterocycles. The predicted octanol–water partition coefficient (Wildman–Crippen LogP) is 17.9. The van der Waals surface area contributed by atoms with E-state index < -0.39 is 35.6 Å². The third-order valence-electron chi connectivity index (χ3n) is 14.4. The largest absolute Gasteiger partial charge is 0.513 e. The van der Waals surface area contributed by atoms with Crippen molar-refractivity contribution in [1.82, 2.24) is 0 Å². The molecule has 0 aliphatic rings. The van der Waals surface area contributed by atoms with Gasteiger partial charge in [-0.2, -0.15) is 0 Å². The Bertz CT molecular complexity index is 2950. The maximum absolute atomic E-state index is 10.5. The van der Waals surface area contributed by atoms with E-state index in [4.69, 9.17) is 8.85 Å². The topological polar surface area (TPSA) is 110 Å². The van der Waals surface area contributed by atoms with E-state index in [-0.39, 0.29) is 24.2 Å². The molecule has 11 heteroatoms. The summed E-state index contributed by atoms with van der Waals surface area (Å²) in [6.45, 7) is 40.4. The Morgan fingerprint density at radius 1 is 0.458 bits per heavy atom. The normalized spacial score (nSPS) is 11.2. The molecule has 83 heavy (non-hydrogen) atoms. The van der Waals surface area contributed by atoms with Gasteiger partial charge in [-0.1, -0.05) is 191 Å². The molecule has 0 aliphatic heterocycles. The second-order valence-electron chi connectivity index (χ2n) is 24.5. The van der Waals surface area contributed by atoms with Gasteiger partial charge in [-0.3, -0.25) is 4.79 Å². The fourth-order valence-corrected chi connectivity index (χ4v) is 18.0. The zero-order valence-electron chi connectivity index (χ0n) is 54.1. The molecule has 0 radical (unpaired) electrons. The van der Waals surface area contributed by atoms with Crippen molar-refractivity contribution in [2.75, 3.05) is 27.8 Å².